The van der Waals surface area contributed by atoms with Gasteiger partial charge in [-0.25, -0.2) is 0 Å². The van der Waals surface area contributed by atoms with E-state index in [1.807, 2.05) is 0 Å². The van der Waals surface area contributed by atoms with E-state index in [9.17, 15) is 14.7 Å². The first-order valence-electron chi connectivity index (χ1n) is 17.9. The Morgan fingerprint density at radius 1 is 0.488 bits per heavy atom. The van der Waals surface area contributed by atoms with Crippen LogP contribution in [0.25, 0.3) is 0 Å². The maximum absolute atomic E-state index is 11.9. The number of hydrogen-bond acceptors (Lipinski definition) is 5. The lowest BCUT2D eigenvalue weighted by atomic mass is 10.0. The highest BCUT2D eigenvalue weighted by Crippen LogP contribution is 2.15. The summed E-state index contributed by atoms with van der Waals surface area (Å²) in [4.78, 5) is 23.8. The third-order valence-corrected chi connectivity index (χ3v) is 8.02. The van der Waals surface area contributed by atoms with Crippen molar-refractivity contribution in [3.63, 3.8) is 0 Å². The summed E-state index contributed by atoms with van der Waals surface area (Å²) < 4.78 is 10.3. The molecule has 1 N–H and O–H groups in total. The van der Waals surface area contributed by atoms with Crippen LogP contribution in [-0.4, -0.2) is 36.4 Å². The number of aliphatic hydroxyl groups excluding tert-OH is 1. The van der Waals surface area contributed by atoms with Gasteiger partial charge in [-0.05, 0) is 18.8 Å². The second kappa shape index (κ2) is 31.8. The quantitative estimate of drug-likeness (QED) is 0.0631. The van der Waals surface area contributed by atoms with Gasteiger partial charge in [0.1, 0.15) is 19.3 Å². The molecule has 0 spiro atoms. The monoisotopic (exact) mass is 583 g/mol. The Labute approximate surface area is 255 Å². The zero-order valence-electron chi connectivity index (χ0n) is 27.7. The van der Waals surface area contributed by atoms with Gasteiger partial charge in [-0.1, -0.05) is 168 Å². The van der Waals surface area contributed by atoms with Gasteiger partial charge in [-0.15, -0.1) is 0 Å². The van der Waals surface area contributed by atoms with Crippen LogP contribution in [0.4, 0.5) is 0 Å². The molecule has 0 aliphatic heterocycles. The number of esters is 2. The fourth-order valence-electron chi connectivity index (χ4n) is 5.27. The van der Waals surface area contributed by atoms with Crippen molar-refractivity contribution in [3.8, 4) is 0 Å². The van der Waals surface area contributed by atoms with Crippen LogP contribution in [0.2, 0.25) is 0 Å². The molecular formula is C36H70O5. The topological polar surface area (TPSA) is 72.8 Å². The first-order valence-corrected chi connectivity index (χ1v) is 17.9. The van der Waals surface area contributed by atoms with E-state index in [-0.39, 0.29) is 25.2 Å². The van der Waals surface area contributed by atoms with Crippen molar-refractivity contribution >= 4 is 11.9 Å². The van der Waals surface area contributed by atoms with E-state index in [1.165, 1.54) is 135 Å². The summed E-state index contributed by atoms with van der Waals surface area (Å²) in [6.45, 7) is 6.64. The summed E-state index contributed by atoms with van der Waals surface area (Å²) in [6.07, 6.45) is 31.5. The fraction of sp³-hybridized carbons (Fsp3) is 0.944. The highest BCUT2D eigenvalue weighted by Gasteiger charge is 2.12. The second-order valence-corrected chi connectivity index (χ2v) is 12.8. The van der Waals surface area contributed by atoms with Gasteiger partial charge in [0, 0.05) is 12.8 Å². The van der Waals surface area contributed by atoms with Crippen molar-refractivity contribution in [2.45, 2.75) is 200 Å². The molecule has 5 nitrogen and oxygen atoms in total. The molecule has 0 aromatic carbocycles. The molecule has 0 heterocycles. The van der Waals surface area contributed by atoms with Crippen molar-refractivity contribution in [2.75, 3.05) is 13.2 Å². The first kappa shape index (κ1) is 39.9. The van der Waals surface area contributed by atoms with E-state index >= 15 is 0 Å². The molecule has 0 aromatic rings. The molecule has 5 heteroatoms. The predicted molar refractivity (Wildman–Crippen MR) is 173 cm³/mol. The summed E-state index contributed by atoms with van der Waals surface area (Å²) in [5.74, 6) is 0.273. The standard InChI is InChI=1S/C36H70O5/c1-4-5-6-7-8-9-10-11-12-13-17-20-23-26-29-35(38)40-31-34(37)32-41-36(39)30-27-24-21-18-15-14-16-19-22-25-28-33(2)3/h33-34,37H,4-32H2,1-3H3/t34-/m1/s1. The van der Waals surface area contributed by atoms with Crippen LogP contribution in [0.1, 0.15) is 194 Å². The molecule has 0 saturated heterocycles. The molecule has 0 radical (unpaired) electrons. The van der Waals surface area contributed by atoms with Gasteiger partial charge < -0.3 is 14.6 Å². The molecule has 0 aromatic heterocycles. The van der Waals surface area contributed by atoms with Gasteiger partial charge in [-0.2, -0.15) is 0 Å². The van der Waals surface area contributed by atoms with Crippen LogP contribution < -0.4 is 0 Å². The summed E-state index contributed by atoms with van der Waals surface area (Å²) >= 11 is 0. The Morgan fingerprint density at radius 3 is 1.10 bits per heavy atom. The summed E-state index contributed by atoms with van der Waals surface area (Å²) in [5.41, 5.74) is 0. The highest BCUT2D eigenvalue weighted by atomic mass is 16.6. The van der Waals surface area contributed by atoms with Crippen molar-refractivity contribution in [2.24, 2.45) is 5.92 Å². The molecule has 244 valence electrons. The molecule has 0 saturated carbocycles. The number of carbonyl (C=O) groups is 2. The average Bonchev–Trinajstić information content (AvgIpc) is 2.95. The zero-order valence-corrected chi connectivity index (χ0v) is 27.7. The number of carbonyl (C=O) groups excluding carboxylic acids is 2. The molecular weight excluding hydrogens is 512 g/mol. The Balaban J connectivity index is 3.40. The van der Waals surface area contributed by atoms with Crippen molar-refractivity contribution in [1.82, 2.24) is 0 Å². The van der Waals surface area contributed by atoms with E-state index in [0.29, 0.717) is 12.8 Å². The fourth-order valence-corrected chi connectivity index (χ4v) is 5.27. The van der Waals surface area contributed by atoms with Crippen LogP contribution >= 0.6 is 0 Å². The Morgan fingerprint density at radius 2 is 0.780 bits per heavy atom. The van der Waals surface area contributed by atoms with E-state index in [4.69, 9.17) is 9.47 Å². The van der Waals surface area contributed by atoms with E-state index in [2.05, 4.69) is 20.8 Å². The second-order valence-electron chi connectivity index (χ2n) is 12.8. The number of ether oxygens (including phenoxy) is 2. The third-order valence-electron chi connectivity index (χ3n) is 8.02. The number of rotatable bonds is 32. The normalized spacial score (nSPS) is 12.1. The number of hydrogen-bond donors (Lipinski definition) is 1. The molecule has 41 heavy (non-hydrogen) atoms. The van der Waals surface area contributed by atoms with Gasteiger partial charge in [0.15, 0.2) is 0 Å². The molecule has 0 fully saturated rings. The molecule has 0 bridgehead atoms. The van der Waals surface area contributed by atoms with Crippen molar-refractivity contribution < 1.29 is 24.2 Å². The Kier molecular flexibility index (Phi) is 31.0. The molecule has 0 amide bonds. The smallest absolute Gasteiger partial charge is 0.305 e. The van der Waals surface area contributed by atoms with Crippen LogP contribution in [0.15, 0.2) is 0 Å². The predicted octanol–water partition coefficient (Wildman–Crippen LogP) is 10.6. The van der Waals surface area contributed by atoms with Gasteiger partial charge in [0.25, 0.3) is 0 Å². The zero-order chi connectivity index (χ0) is 30.2. The molecule has 1 atom stereocenters. The first-order chi connectivity index (χ1) is 20.0. The van der Waals surface area contributed by atoms with E-state index in [0.717, 1.165) is 31.6 Å². The number of unbranched alkanes of at least 4 members (excludes halogenated alkanes) is 22. The third kappa shape index (κ3) is 33.3. The molecule has 0 rings (SSSR count). The van der Waals surface area contributed by atoms with Crippen molar-refractivity contribution in [3.05, 3.63) is 0 Å². The Hall–Kier alpha value is -1.10. The van der Waals surface area contributed by atoms with Gasteiger partial charge in [0.05, 0.1) is 0 Å². The molecule has 0 unspecified atom stereocenters. The van der Waals surface area contributed by atoms with Crippen LogP contribution in [0, 0.1) is 5.92 Å². The van der Waals surface area contributed by atoms with E-state index < -0.39 is 6.10 Å². The lowest BCUT2D eigenvalue weighted by Gasteiger charge is -2.12. The lowest BCUT2D eigenvalue weighted by Crippen LogP contribution is -2.25. The summed E-state index contributed by atoms with van der Waals surface area (Å²) in [7, 11) is 0. The molecule has 0 aliphatic rings. The van der Waals surface area contributed by atoms with Gasteiger partial charge in [-0.3, -0.25) is 9.59 Å². The summed E-state index contributed by atoms with van der Waals surface area (Å²) in [5, 5.41) is 9.97. The Bertz CT molecular complexity index is 562. The molecule has 0 aliphatic carbocycles. The minimum atomic E-state index is -0.954. The summed E-state index contributed by atoms with van der Waals surface area (Å²) in [6, 6.07) is 0. The van der Waals surface area contributed by atoms with Gasteiger partial charge >= 0.3 is 11.9 Å². The van der Waals surface area contributed by atoms with Crippen LogP contribution in [0.5, 0.6) is 0 Å². The maximum atomic E-state index is 11.9. The average molecular weight is 583 g/mol. The minimum Gasteiger partial charge on any atom is -0.463 e. The largest absolute Gasteiger partial charge is 0.463 e. The lowest BCUT2D eigenvalue weighted by molar-refractivity contribution is -0.152. The SMILES string of the molecule is CCCCCCCCCCCCCCCCC(=O)OC[C@@H](O)COC(=O)CCCCCCCCCCCCC(C)C. The van der Waals surface area contributed by atoms with Gasteiger partial charge in [0.2, 0.25) is 0 Å². The van der Waals surface area contributed by atoms with Crippen LogP contribution in [-0.2, 0) is 19.1 Å². The maximum Gasteiger partial charge on any atom is 0.305 e. The minimum absolute atomic E-state index is 0.109. The number of aliphatic hydroxyl groups is 1. The van der Waals surface area contributed by atoms with E-state index in [1.54, 1.807) is 0 Å². The highest BCUT2D eigenvalue weighted by molar-refractivity contribution is 5.69. The van der Waals surface area contributed by atoms with Crippen molar-refractivity contribution in [1.29, 1.82) is 0 Å². The van der Waals surface area contributed by atoms with Crippen LogP contribution in [0.3, 0.4) is 0 Å².